The van der Waals surface area contributed by atoms with Gasteiger partial charge in [-0.15, -0.1) is 0 Å². The van der Waals surface area contributed by atoms with Crippen molar-refractivity contribution in [2.45, 2.75) is 13.0 Å². The Balaban J connectivity index is 1.65. The molecule has 0 bridgehead atoms. The molecule has 0 radical (unpaired) electrons. The number of nitrogens with one attached hydrogen (secondary N) is 1. The highest BCUT2D eigenvalue weighted by Crippen LogP contribution is 2.18. The number of nitrogens with zero attached hydrogens (tertiary/aromatic N) is 2. The number of fused-ring (bicyclic) bond motifs is 1. The maximum atomic E-state index is 6.11. The standard InChI is InChI=1S/C17H17ClN4S/c18-14-5-7-15(8-6-14)20-17(23)21-16(19)22-10-9-12-3-1-2-4-13(12)11-22/h1-8H,9-11H2,(H3,19,20,21,23). The quantitative estimate of drug-likeness (QED) is 0.473. The van der Waals surface area contributed by atoms with Crippen LogP contribution in [0.5, 0.6) is 0 Å². The first-order valence-corrected chi connectivity index (χ1v) is 8.13. The van der Waals surface area contributed by atoms with Crippen molar-refractivity contribution in [2.24, 2.45) is 10.7 Å². The molecule has 4 nitrogen and oxygen atoms in total. The van der Waals surface area contributed by atoms with Crippen LogP contribution in [0.4, 0.5) is 5.69 Å². The van der Waals surface area contributed by atoms with Gasteiger partial charge in [-0.1, -0.05) is 35.9 Å². The Morgan fingerprint density at radius 3 is 2.57 bits per heavy atom. The Bertz CT molecular complexity index is 743. The van der Waals surface area contributed by atoms with Gasteiger partial charge >= 0.3 is 0 Å². The third-order valence-corrected chi connectivity index (χ3v) is 4.21. The number of thiocarbonyl (C=S) groups is 1. The van der Waals surface area contributed by atoms with E-state index in [1.54, 1.807) is 12.1 Å². The maximum absolute atomic E-state index is 6.11. The lowest BCUT2D eigenvalue weighted by molar-refractivity contribution is 0.390. The lowest BCUT2D eigenvalue weighted by Gasteiger charge is -2.29. The van der Waals surface area contributed by atoms with Crippen molar-refractivity contribution in [3.63, 3.8) is 0 Å². The average molecular weight is 345 g/mol. The van der Waals surface area contributed by atoms with Crippen LogP contribution in [0.15, 0.2) is 53.5 Å². The van der Waals surface area contributed by atoms with Crippen LogP contribution in [0.2, 0.25) is 5.02 Å². The van der Waals surface area contributed by atoms with Gasteiger partial charge in [0.1, 0.15) is 0 Å². The van der Waals surface area contributed by atoms with Crippen molar-refractivity contribution in [3.8, 4) is 0 Å². The van der Waals surface area contributed by atoms with E-state index in [0.29, 0.717) is 16.1 Å². The molecular formula is C17H17ClN4S. The minimum Gasteiger partial charge on any atom is -0.369 e. The third kappa shape index (κ3) is 4.00. The fourth-order valence-electron chi connectivity index (χ4n) is 2.55. The molecule has 0 spiro atoms. The highest BCUT2D eigenvalue weighted by molar-refractivity contribution is 7.80. The van der Waals surface area contributed by atoms with Crippen molar-refractivity contribution in [2.75, 3.05) is 11.9 Å². The van der Waals surface area contributed by atoms with E-state index in [-0.39, 0.29) is 0 Å². The molecule has 0 amide bonds. The molecule has 0 atom stereocenters. The smallest absolute Gasteiger partial charge is 0.200 e. The fourth-order valence-corrected chi connectivity index (χ4v) is 2.89. The van der Waals surface area contributed by atoms with E-state index in [2.05, 4.69) is 28.5 Å². The van der Waals surface area contributed by atoms with Crippen molar-refractivity contribution >= 4 is 40.6 Å². The first kappa shape index (κ1) is 15.8. The molecule has 3 rings (SSSR count). The maximum Gasteiger partial charge on any atom is 0.200 e. The van der Waals surface area contributed by atoms with Gasteiger partial charge in [-0.05, 0) is 54.0 Å². The Morgan fingerprint density at radius 2 is 1.83 bits per heavy atom. The highest BCUT2D eigenvalue weighted by atomic mass is 35.5. The second-order valence-electron chi connectivity index (χ2n) is 5.35. The van der Waals surface area contributed by atoms with E-state index in [0.717, 1.165) is 25.2 Å². The SMILES string of the molecule is N/C(=N\C(=S)Nc1ccc(Cl)cc1)N1CCc2ccccc2C1. The van der Waals surface area contributed by atoms with Gasteiger partial charge in [0.2, 0.25) is 5.11 Å². The van der Waals surface area contributed by atoms with Crippen LogP contribution in [0.1, 0.15) is 11.1 Å². The minimum atomic E-state index is 0.337. The topological polar surface area (TPSA) is 53.6 Å². The summed E-state index contributed by atoms with van der Waals surface area (Å²) in [5.41, 5.74) is 9.60. The molecule has 0 aromatic heterocycles. The molecule has 1 aliphatic rings. The van der Waals surface area contributed by atoms with Gasteiger partial charge in [0, 0.05) is 23.8 Å². The van der Waals surface area contributed by atoms with Gasteiger partial charge in [-0.2, -0.15) is 4.99 Å². The van der Waals surface area contributed by atoms with E-state index in [4.69, 9.17) is 29.6 Å². The highest BCUT2D eigenvalue weighted by Gasteiger charge is 2.17. The Morgan fingerprint density at radius 1 is 1.13 bits per heavy atom. The van der Waals surface area contributed by atoms with E-state index in [1.165, 1.54) is 11.1 Å². The van der Waals surface area contributed by atoms with Crippen LogP contribution in [0, 0.1) is 0 Å². The van der Waals surface area contributed by atoms with Gasteiger partial charge < -0.3 is 16.0 Å². The summed E-state index contributed by atoms with van der Waals surface area (Å²) in [6.07, 6.45) is 0.962. The molecular weight excluding hydrogens is 328 g/mol. The second-order valence-corrected chi connectivity index (χ2v) is 6.17. The van der Waals surface area contributed by atoms with E-state index in [9.17, 15) is 0 Å². The minimum absolute atomic E-state index is 0.337. The molecule has 0 aliphatic carbocycles. The molecule has 0 saturated carbocycles. The van der Waals surface area contributed by atoms with Crippen LogP contribution >= 0.6 is 23.8 Å². The number of hydrogen-bond donors (Lipinski definition) is 2. The van der Waals surface area contributed by atoms with Gasteiger partial charge in [0.25, 0.3) is 0 Å². The van der Waals surface area contributed by atoms with Gasteiger partial charge in [-0.25, -0.2) is 0 Å². The number of anilines is 1. The van der Waals surface area contributed by atoms with Crippen LogP contribution < -0.4 is 11.1 Å². The molecule has 6 heteroatoms. The lowest BCUT2D eigenvalue weighted by atomic mass is 10.0. The molecule has 2 aromatic carbocycles. The molecule has 3 N–H and O–H groups in total. The van der Waals surface area contributed by atoms with Crippen LogP contribution in [0.3, 0.4) is 0 Å². The van der Waals surface area contributed by atoms with E-state index in [1.807, 2.05) is 23.1 Å². The summed E-state index contributed by atoms with van der Waals surface area (Å²) in [6, 6.07) is 15.7. The predicted octanol–water partition coefficient (Wildman–Crippen LogP) is 3.41. The summed E-state index contributed by atoms with van der Waals surface area (Å²) in [7, 11) is 0. The van der Waals surface area contributed by atoms with E-state index >= 15 is 0 Å². The number of rotatable bonds is 1. The number of guanidine groups is 1. The summed E-state index contributed by atoms with van der Waals surface area (Å²) >= 11 is 11.1. The fraction of sp³-hybridized carbons (Fsp3) is 0.176. The Kier molecular flexibility index (Phi) is 4.79. The molecule has 2 aromatic rings. The summed E-state index contributed by atoms with van der Waals surface area (Å²) in [5.74, 6) is 0.436. The van der Waals surface area contributed by atoms with Gasteiger partial charge in [0.15, 0.2) is 5.96 Å². The van der Waals surface area contributed by atoms with Crippen molar-refractivity contribution < 1.29 is 0 Å². The zero-order chi connectivity index (χ0) is 16.2. The lowest BCUT2D eigenvalue weighted by Crippen LogP contribution is -2.41. The molecule has 0 saturated heterocycles. The zero-order valence-electron chi connectivity index (χ0n) is 12.5. The normalized spacial score (nSPS) is 14.3. The average Bonchev–Trinajstić information content (AvgIpc) is 2.56. The molecule has 1 aliphatic heterocycles. The van der Waals surface area contributed by atoms with Crippen LogP contribution in [-0.2, 0) is 13.0 Å². The summed E-state index contributed by atoms with van der Waals surface area (Å²) in [4.78, 5) is 6.34. The first-order valence-electron chi connectivity index (χ1n) is 7.34. The summed E-state index contributed by atoms with van der Waals surface area (Å²) in [5, 5.41) is 4.05. The van der Waals surface area contributed by atoms with Crippen LogP contribution in [0.25, 0.3) is 0 Å². The predicted molar refractivity (Wildman–Crippen MR) is 99.9 cm³/mol. The zero-order valence-corrected chi connectivity index (χ0v) is 14.1. The number of aliphatic imine (C=N–C) groups is 1. The van der Waals surface area contributed by atoms with E-state index < -0.39 is 0 Å². The second kappa shape index (κ2) is 6.98. The third-order valence-electron chi connectivity index (χ3n) is 3.77. The van der Waals surface area contributed by atoms with Crippen molar-refractivity contribution in [3.05, 3.63) is 64.7 Å². The molecule has 1 heterocycles. The molecule has 0 unspecified atom stereocenters. The largest absolute Gasteiger partial charge is 0.369 e. The van der Waals surface area contributed by atoms with Gasteiger partial charge in [-0.3, -0.25) is 0 Å². The van der Waals surface area contributed by atoms with Crippen LogP contribution in [-0.4, -0.2) is 22.5 Å². The van der Waals surface area contributed by atoms with Crippen molar-refractivity contribution in [1.82, 2.24) is 4.90 Å². The summed E-state index contributed by atoms with van der Waals surface area (Å²) < 4.78 is 0. The van der Waals surface area contributed by atoms with Crippen molar-refractivity contribution in [1.29, 1.82) is 0 Å². The Hall–Kier alpha value is -2.11. The molecule has 23 heavy (non-hydrogen) atoms. The summed E-state index contributed by atoms with van der Waals surface area (Å²) in [6.45, 7) is 1.60. The first-order chi connectivity index (χ1) is 11.1. The van der Waals surface area contributed by atoms with Gasteiger partial charge in [0.05, 0.1) is 0 Å². The molecule has 118 valence electrons. The molecule has 0 fully saturated rings. The monoisotopic (exact) mass is 344 g/mol. The Labute approximate surface area is 146 Å². The number of hydrogen-bond acceptors (Lipinski definition) is 1. The number of benzene rings is 2. The number of nitrogens with two attached hydrogens (primary N) is 1. The number of halogens is 1.